The van der Waals surface area contributed by atoms with E-state index in [-0.39, 0.29) is 11.6 Å². The lowest BCUT2D eigenvalue weighted by atomic mass is 10.2. The fraction of sp³-hybridized carbons (Fsp3) is 0.111. The smallest absolute Gasteiger partial charge is 0.273 e. The van der Waals surface area contributed by atoms with Gasteiger partial charge in [-0.3, -0.25) is 14.5 Å². The van der Waals surface area contributed by atoms with Crippen molar-refractivity contribution in [2.24, 2.45) is 0 Å². The highest BCUT2D eigenvalue weighted by molar-refractivity contribution is 5.92. The molecule has 0 saturated carbocycles. The topological polar surface area (TPSA) is 99.0 Å². The normalized spacial score (nSPS) is 10.8. The maximum Gasteiger partial charge on any atom is 0.273 e. The van der Waals surface area contributed by atoms with Crippen molar-refractivity contribution in [1.29, 1.82) is 0 Å². The van der Waals surface area contributed by atoms with Crippen LogP contribution < -0.4 is 5.32 Å². The molecule has 0 aliphatic rings. The van der Waals surface area contributed by atoms with Gasteiger partial charge in [-0.2, -0.15) is 5.10 Å². The number of pyridine rings is 1. The Kier molecular flexibility index (Phi) is 4.29. The summed E-state index contributed by atoms with van der Waals surface area (Å²) in [6.07, 6.45) is 6.85. The summed E-state index contributed by atoms with van der Waals surface area (Å²) < 4.78 is 12.1. The second-order valence-corrected chi connectivity index (χ2v) is 5.51. The fourth-order valence-electron chi connectivity index (χ4n) is 2.45. The van der Waals surface area contributed by atoms with Gasteiger partial charge in [-0.15, -0.1) is 0 Å². The molecule has 0 radical (unpaired) electrons. The van der Waals surface area contributed by atoms with Crippen LogP contribution in [0.5, 0.6) is 0 Å². The van der Waals surface area contributed by atoms with E-state index in [2.05, 4.69) is 20.6 Å². The summed E-state index contributed by atoms with van der Waals surface area (Å²) in [5.74, 6) is 0.624. The van der Waals surface area contributed by atoms with Crippen molar-refractivity contribution in [3.63, 3.8) is 0 Å². The van der Waals surface area contributed by atoms with E-state index in [1.165, 1.54) is 6.26 Å². The molecule has 1 amide bonds. The van der Waals surface area contributed by atoms with Crippen LogP contribution in [0, 0.1) is 0 Å². The number of aromatic nitrogens is 4. The molecule has 0 fully saturated rings. The summed E-state index contributed by atoms with van der Waals surface area (Å²) in [6, 6.07) is 10.7. The van der Waals surface area contributed by atoms with Crippen LogP contribution in [0.25, 0.3) is 22.8 Å². The molecular formula is C18H15N5O3. The average molecular weight is 349 g/mol. The first kappa shape index (κ1) is 15.8. The zero-order valence-corrected chi connectivity index (χ0v) is 13.7. The molecule has 4 rings (SSSR count). The molecule has 130 valence electrons. The Balaban J connectivity index is 1.32. The monoisotopic (exact) mass is 349 g/mol. The van der Waals surface area contributed by atoms with Crippen LogP contribution in [0.4, 0.5) is 0 Å². The number of furan rings is 1. The summed E-state index contributed by atoms with van der Waals surface area (Å²) in [5, 5.41) is 11.0. The lowest BCUT2D eigenvalue weighted by molar-refractivity contribution is 0.0943. The molecule has 0 saturated heterocycles. The van der Waals surface area contributed by atoms with Crippen LogP contribution >= 0.6 is 0 Å². The van der Waals surface area contributed by atoms with Gasteiger partial charge in [0.2, 0.25) is 5.76 Å². The number of nitrogens with one attached hydrogen (secondary N) is 1. The quantitative estimate of drug-likeness (QED) is 0.574. The molecule has 4 heterocycles. The van der Waals surface area contributed by atoms with E-state index in [0.717, 1.165) is 11.3 Å². The number of nitrogens with zero attached hydrogens (tertiary/aromatic N) is 4. The van der Waals surface area contributed by atoms with Crippen molar-refractivity contribution in [2.45, 2.75) is 6.54 Å². The number of hydrogen-bond donors (Lipinski definition) is 1. The Hall–Kier alpha value is -3.68. The lowest BCUT2D eigenvalue weighted by Gasteiger charge is -2.03. The van der Waals surface area contributed by atoms with E-state index in [1.807, 2.05) is 24.4 Å². The molecular weight excluding hydrogens is 334 g/mol. The van der Waals surface area contributed by atoms with Crippen molar-refractivity contribution in [1.82, 2.24) is 25.2 Å². The largest absolute Gasteiger partial charge is 0.461 e. The molecule has 0 spiro atoms. The van der Waals surface area contributed by atoms with Crippen molar-refractivity contribution in [3.05, 3.63) is 66.9 Å². The number of carbonyl (C=O) groups is 1. The average Bonchev–Trinajstić information content (AvgIpc) is 3.42. The Morgan fingerprint density at radius 1 is 1.15 bits per heavy atom. The molecule has 0 atom stereocenters. The van der Waals surface area contributed by atoms with Crippen LogP contribution in [0.15, 0.2) is 70.2 Å². The molecule has 0 aliphatic carbocycles. The first-order valence-electron chi connectivity index (χ1n) is 8.02. The molecule has 1 N–H and O–H groups in total. The zero-order valence-electron chi connectivity index (χ0n) is 13.7. The van der Waals surface area contributed by atoms with Crippen LogP contribution in [0.3, 0.4) is 0 Å². The summed E-state index contributed by atoms with van der Waals surface area (Å²) in [6.45, 7) is 0.957. The van der Waals surface area contributed by atoms with Gasteiger partial charge in [-0.1, -0.05) is 5.16 Å². The third-order valence-corrected chi connectivity index (χ3v) is 3.75. The molecule has 8 nitrogen and oxygen atoms in total. The van der Waals surface area contributed by atoms with E-state index >= 15 is 0 Å². The van der Waals surface area contributed by atoms with E-state index < -0.39 is 0 Å². The maximum atomic E-state index is 12.1. The van der Waals surface area contributed by atoms with Gasteiger partial charge in [0.25, 0.3) is 5.91 Å². The molecule has 0 bridgehead atoms. The fourth-order valence-corrected chi connectivity index (χ4v) is 2.45. The van der Waals surface area contributed by atoms with E-state index in [1.54, 1.807) is 35.3 Å². The van der Waals surface area contributed by atoms with Crippen molar-refractivity contribution in [2.75, 3.05) is 6.54 Å². The predicted octanol–water partition coefficient (Wildman–Crippen LogP) is 2.62. The third kappa shape index (κ3) is 3.39. The van der Waals surface area contributed by atoms with Gasteiger partial charge < -0.3 is 14.3 Å². The van der Waals surface area contributed by atoms with Gasteiger partial charge >= 0.3 is 0 Å². The zero-order chi connectivity index (χ0) is 17.8. The highest BCUT2D eigenvalue weighted by Crippen LogP contribution is 2.20. The van der Waals surface area contributed by atoms with Gasteiger partial charge in [0.15, 0.2) is 11.5 Å². The van der Waals surface area contributed by atoms with Gasteiger partial charge in [-0.05, 0) is 30.3 Å². The third-order valence-electron chi connectivity index (χ3n) is 3.75. The molecule has 4 aromatic heterocycles. The molecule has 26 heavy (non-hydrogen) atoms. The second kappa shape index (κ2) is 7.06. The maximum absolute atomic E-state index is 12.1. The summed E-state index contributed by atoms with van der Waals surface area (Å²) in [4.78, 5) is 16.1. The van der Waals surface area contributed by atoms with Crippen LogP contribution in [0.2, 0.25) is 0 Å². The van der Waals surface area contributed by atoms with Gasteiger partial charge in [0, 0.05) is 36.8 Å². The molecule has 8 heteroatoms. The first-order valence-corrected chi connectivity index (χ1v) is 8.02. The van der Waals surface area contributed by atoms with Gasteiger partial charge in [0.1, 0.15) is 0 Å². The molecule has 0 aromatic carbocycles. The first-order chi connectivity index (χ1) is 12.8. The highest BCUT2D eigenvalue weighted by Gasteiger charge is 2.14. The molecule has 0 aliphatic heterocycles. The summed E-state index contributed by atoms with van der Waals surface area (Å²) >= 11 is 0. The standard InChI is InChI=1S/C18H15N5O3/c24-18(15-12-17(26-22-15)16-2-1-11-25-16)20-8-10-23-9-5-14(21-23)13-3-6-19-7-4-13/h1-7,9,11-12H,8,10H2,(H,20,24). The van der Waals surface area contributed by atoms with Crippen LogP contribution in [-0.2, 0) is 6.54 Å². The Morgan fingerprint density at radius 2 is 2.04 bits per heavy atom. The molecule has 4 aromatic rings. The predicted molar refractivity (Wildman–Crippen MR) is 92.0 cm³/mol. The van der Waals surface area contributed by atoms with E-state index in [4.69, 9.17) is 8.94 Å². The van der Waals surface area contributed by atoms with Crippen molar-refractivity contribution in [3.8, 4) is 22.8 Å². The lowest BCUT2D eigenvalue weighted by Crippen LogP contribution is -2.27. The minimum atomic E-state index is -0.312. The van der Waals surface area contributed by atoms with Crippen LogP contribution in [0.1, 0.15) is 10.5 Å². The Labute approximate surface area is 148 Å². The number of amides is 1. The summed E-state index contributed by atoms with van der Waals surface area (Å²) in [5.41, 5.74) is 2.06. The SMILES string of the molecule is O=C(NCCn1ccc(-c2ccncc2)n1)c1cc(-c2ccco2)on1. The second-order valence-electron chi connectivity index (χ2n) is 5.51. The number of carbonyl (C=O) groups excluding carboxylic acids is 1. The minimum absolute atomic E-state index is 0.203. The highest BCUT2D eigenvalue weighted by atomic mass is 16.5. The Morgan fingerprint density at radius 3 is 2.85 bits per heavy atom. The van der Waals surface area contributed by atoms with Gasteiger partial charge in [0.05, 0.1) is 18.5 Å². The van der Waals surface area contributed by atoms with Crippen LogP contribution in [-0.4, -0.2) is 32.4 Å². The number of rotatable bonds is 6. The minimum Gasteiger partial charge on any atom is -0.461 e. The van der Waals surface area contributed by atoms with Gasteiger partial charge in [-0.25, -0.2) is 0 Å². The van der Waals surface area contributed by atoms with E-state index in [0.29, 0.717) is 24.6 Å². The van der Waals surface area contributed by atoms with Crippen molar-refractivity contribution >= 4 is 5.91 Å². The summed E-state index contributed by atoms with van der Waals surface area (Å²) in [7, 11) is 0. The van der Waals surface area contributed by atoms with Crippen molar-refractivity contribution < 1.29 is 13.7 Å². The Bertz CT molecular complexity index is 989. The molecule has 0 unspecified atom stereocenters. The number of hydrogen-bond acceptors (Lipinski definition) is 6. The van der Waals surface area contributed by atoms with E-state index in [9.17, 15) is 4.79 Å².